The smallest absolute Gasteiger partial charge is 0.273 e. The van der Waals surface area contributed by atoms with Crippen molar-refractivity contribution in [1.29, 1.82) is 0 Å². The number of ether oxygens (including phenoxy) is 1. The van der Waals surface area contributed by atoms with E-state index in [1.54, 1.807) is 4.90 Å². The molecule has 1 aliphatic rings. The molecule has 1 atom stereocenters. The molecule has 2 amide bonds. The molecule has 2 aromatic carbocycles. The van der Waals surface area contributed by atoms with Crippen LogP contribution in [0.2, 0.25) is 0 Å². The molecule has 1 N–H and O–H groups in total. The summed E-state index contributed by atoms with van der Waals surface area (Å²) in [6, 6.07) is 11.6. The number of rotatable bonds is 6. The van der Waals surface area contributed by atoms with Crippen LogP contribution in [0.3, 0.4) is 0 Å². The number of benzene rings is 2. The Morgan fingerprint density at radius 3 is 2.75 bits per heavy atom. The molecule has 1 saturated heterocycles. The summed E-state index contributed by atoms with van der Waals surface area (Å²) in [5, 5.41) is 13.6. The van der Waals surface area contributed by atoms with Gasteiger partial charge in [-0.05, 0) is 24.1 Å². The number of hydrogen-bond acceptors (Lipinski definition) is 5. The average Bonchev–Trinajstić information content (AvgIpc) is 3.09. The number of amides is 2. The molecule has 8 heteroatoms. The summed E-state index contributed by atoms with van der Waals surface area (Å²) < 4.78 is 5.15. The van der Waals surface area contributed by atoms with Gasteiger partial charge in [0.15, 0.2) is 0 Å². The van der Waals surface area contributed by atoms with Crippen molar-refractivity contribution in [3.8, 4) is 5.75 Å². The number of para-hydroxylation sites is 1. The zero-order valence-electron chi connectivity index (χ0n) is 15.7. The molecular weight excluding hydrogens is 362 g/mol. The largest absolute Gasteiger partial charge is 0.494 e. The molecule has 0 spiro atoms. The molecule has 0 radical (unpaired) electrons. The van der Waals surface area contributed by atoms with Crippen LogP contribution in [-0.4, -0.2) is 30.4 Å². The zero-order chi connectivity index (χ0) is 20.3. The highest BCUT2D eigenvalue weighted by Gasteiger charge is 2.36. The van der Waals surface area contributed by atoms with Crippen molar-refractivity contribution < 1.29 is 19.2 Å². The molecule has 28 heavy (non-hydrogen) atoms. The van der Waals surface area contributed by atoms with E-state index in [0.717, 1.165) is 17.7 Å². The van der Waals surface area contributed by atoms with Gasteiger partial charge in [-0.2, -0.15) is 0 Å². The van der Waals surface area contributed by atoms with Crippen molar-refractivity contribution >= 4 is 28.9 Å². The first kappa shape index (κ1) is 19.3. The Hall–Kier alpha value is -3.42. The van der Waals surface area contributed by atoms with Gasteiger partial charge in [0.1, 0.15) is 5.75 Å². The van der Waals surface area contributed by atoms with Crippen LogP contribution in [-0.2, 0) is 16.0 Å². The van der Waals surface area contributed by atoms with E-state index in [2.05, 4.69) is 5.32 Å². The third-order valence-corrected chi connectivity index (χ3v) is 4.81. The van der Waals surface area contributed by atoms with Crippen molar-refractivity contribution in [2.24, 2.45) is 5.92 Å². The van der Waals surface area contributed by atoms with E-state index in [4.69, 9.17) is 4.74 Å². The van der Waals surface area contributed by atoms with Crippen molar-refractivity contribution in [2.45, 2.75) is 19.8 Å². The number of carbonyl (C=O) groups excluding carboxylic acids is 2. The average molecular weight is 383 g/mol. The fourth-order valence-corrected chi connectivity index (χ4v) is 3.32. The second kappa shape index (κ2) is 8.08. The first-order valence-electron chi connectivity index (χ1n) is 8.96. The standard InChI is InChI=1S/C20H21N3O5/c1-3-13-6-4-5-7-17(13)22-12-14(10-19(22)24)20(25)21-16-9-8-15(23(26)27)11-18(16)28-2/h4-9,11,14H,3,10,12H2,1-2H3,(H,21,25). The number of hydrogen-bond donors (Lipinski definition) is 1. The van der Waals surface area contributed by atoms with E-state index in [-0.39, 0.29) is 36.2 Å². The molecule has 0 aliphatic carbocycles. The summed E-state index contributed by atoms with van der Waals surface area (Å²) in [5.74, 6) is -0.744. The Morgan fingerprint density at radius 2 is 2.07 bits per heavy atom. The summed E-state index contributed by atoms with van der Waals surface area (Å²) in [6.45, 7) is 2.31. The molecule has 3 rings (SSSR count). The number of non-ortho nitro benzene ring substituents is 1. The third-order valence-electron chi connectivity index (χ3n) is 4.81. The second-order valence-electron chi connectivity index (χ2n) is 6.52. The molecule has 1 heterocycles. The molecule has 1 aliphatic heterocycles. The Morgan fingerprint density at radius 1 is 1.32 bits per heavy atom. The fraction of sp³-hybridized carbons (Fsp3) is 0.300. The second-order valence-corrected chi connectivity index (χ2v) is 6.52. The molecule has 8 nitrogen and oxygen atoms in total. The molecule has 0 saturated carbocycles. The molecule has 1 unspecified atom stereocenters. The lowest BCUT2D eigenvalue weighted by atomic mass is 10.1. The predicted octanol–water partition coefficient (Wildman–Crippen LogP) is 3.16. The van der Waals surface area contributed by atoms with Gasteiger partial charge >= 0.3 is 0 Å². The van der Waals surface area contributed by atoms with E-state index < -0.39 is 10.8 Å². The van der Waals surface area contributed by atoms with Crippen LogP contribution in [0.4, 0.5) is 17.1 Å². The van der Waals surface area contributed by atoms with E-state index in [0.29, 0.717) is 5.69 Å². The maximum absolute atomic E-state index is 12.7. The number of nitrogens with one attached hydrogen (secondary N) is 1. The maximum atomic E-state index is 12.7. The lowest BCUT2D eigenvalue weighted by molar-refractivity contribution is -0.384. The number of aryl methyl sites for hydroxylation is 1. The van der Waals surface area contributed by atoms with Crippen LogP contribution in [0, 0.1) is 16.0 Å². The van der Waals surface area contributed by atoms with Gasteiger partial charge in [-0.1, -0.05) is 25.1 Å². The summed E-state index contributed by atoms with van der Waals surface area (Å²) >= 11 is 0. The monoisotopic (exact) mass is 383 g/mol. The van der Waals surface area contributed by atoms with Crippen molar-refractivity contribution in [3.63, 3.8) is 0 Å². The number of methoxy groups -OCH3 is 1. The number of nitrogens with zero attached hydrogens (tertiary/aromatic N) is 2. The summed E-state index contributed by atoms with van der Waals surface area (Å²) in [4.78, 5) is 37.2. The van der Waals surface area contributed by atoms with Crippen LogP contribution in [0.1, 0.15) is 18.9 Å². The SMILES string of the molecule is CCc1ccccc1N1CC(C(=O)Nc2ccc([N+](=O)[O-])cc2OC)CC1=O. The van der Waals surface area contributed by atoms with Gasteiger partial charge in [0.25, 0.3) is 5.69 Å². The summed E-state index contributed by atoms with van der Waals surface area (Å²) in [5.41, 5.74) is 2.08. The van der Waals surface area contributed by atoms with E-state index in [1.807, 2.05) is 31.2 Å². The van der Waals surface area contributed by atoms with Crippen LogP contribution in [0.15, 0.2) is 42.5 Å². The third kappa shape index (κ3) is 3.80. The highest BCUT2D eigenvalue weighted by Crippen LogP contribution is 2.32. The Bertz CT molecular complexity index is 928. The van der Waals surface area contributed by atoms with E-state index in [9.17, 15) is 19.7 Å². The van der Waals surface area contributed by atoms with Crippen LogP contribution < -0.4 is 15.0 Å². The molecule has 1 fully saturated rings. The lowest BCUT2D eigenvalue weighted by Gasteiger charge is -2.20. The Labute approximate surface area is 162 Å². The van der Waals surface area contributed by atoms with E-state index >= 15 is 0 Å². The van der Waals surface area contributed by atoms with Crippen molar-refractivity contribution in [2.75, 3.05) is 23.9 Å². The lowest BCUT2D eigenvalue weighted by Crippen LogP contribution is -2.28. The maximum Gasteiger partial charge on any atom is 0.273 e. The van der Waals surface area contributed by atoms with Gasteiger partial charge in [-0.15, -0.1) is 0 Å². The van der Waals surface area contributed by atoms with Crippen LogP contribution in [0.5, 0.6) is 5.75 Å². The first-order valence-corrected chi connectivity index (χ1v) is 8.96. The molecular formula is C20H21N3O5. The van der Waals surface area contributed by atoms with Crippen molar-refractivity contribution in [3.05, 3.63) is 58.1 Å². The van der Waals surface area contributed by atoms with Gasteiger partial charge in [0.2, 0.25) is 11.8 Å². The topological polar surface area (TPSA) is 102 Å². The number of anilines is 2. The van der Waals surface area contributed by atoms with E-state index in [1.165, 1.54) is 25.3 Å². The first-order chi connectivity index (χ1) is 13.4. The molecule has 146 valence electrons. The fourth-order valence-electron chi connectivity index (χ4n) is 3.32. The minimum absolute atomic E-state index is 0.100. The zero-order valence-corrected chi connectivity index (χ0v) is 15.7. The molecule has 0 bridgehead atoms. The summed E-state index contributed by atoms with van der Waals surface area (Å²) in [7, 11) is 1.37. The predicted molar refractivity (Wildman–Crippen MR) is 105 cm³/mol. The van der Waals surface area contributed by atoms with Gasteiger partial charge in [0.05, 0.1) is 29.7 Å². The summed E-state index contributed by atoms with van der Waals surface area (Å²) in [6.07, 6.45) is 0.899. The van der Waals surface area contributed by atoms with Gasteiger partial charge in [-0.3, -0.25) is 19.7 Å². The Balaban J connectivity index is 1.76. The van der Waals surface area contributed by atoms with Gasteiger partial charge in [-0.25, -0.2) is 0 Å². The normalized spacial score (nSPS) is 16.1. The van der Waals surface area contributed by atoms with Gasteiger partial charge < -0.3 is 15.0 Å². The molecule has 0 aromatic heterocycles. The van der Waals surface area contributed by atoms with Gasteiger partial charge in [0, 0.05) is 24.7 Å². The number of nitro benzene ring substituents is 1. The minimum Gasteiger partial charge on any atom is -0.494 e. The quantitative estimate of drug-likeness (QED) is 0.610. The number of nitro groups is 1. The number of carbonyl (C=O) groups is 2. The molecule has 2 aromatic rings. The highest BCUT2D eigenvalue weighted by molar-refractivity contribution is 6.04. The van der Waals surface area contributed by atoms with Crippen molar-refractivity contribution in [1.82, 2.24) is 0 Å². The van der Waals surface area contributed by atoms with Crippen LogP contribution >= 0.6 is 0 Å². The van der Waals surface area contributed by atoms with Crippen LogP contribution in [0.25, 0.3) is 0 Å². The highest BCUT2D eigenvalue weighted by atomic mass is 16.6. The Kier molecular flexibility index (Phi) is 5.58. The minimum atomic E-state index is -0.535.